The number of nitrogens with one attached hydrogen (secondary N) is 2. The highest BCUT2D eigenvalue weighted by atomic mass is 16.4. The summed E-state index contributed by atoms with van der Waals surface area (Å²) in [6, 6.07) is 0.0837. The van der Waals surface area contributed by atoms with E-state index in [1.165, 1.54) is 0 Å². The normalized spacial score (nSPS) is 24.3. The van der Waals surface area contributed by atoms with Crippen LogP contribution < -0.4 is 10.6 Å². The third kappa shape index (κ3) is 6.20. The summed E-state index contributed by atoms with van der Waals surface area (Å²) in [5.74, 6) is -0.749. The van der Waals surface area contributed by atoms with Crippen molar-refractivity contribution in [1.82, 2.24) is 10.6 Å². The SMILES string of the molecule is CCC1CCC(NC(=O)CCCC(=O)NC(C)C)(C(=O)O)CC1. The van der Waals surface area contributed by atoms with Crippen LogP contribution in [0, 0.1) is 5.92 Å². The van der Waals surface area contributed by atoms with E-state index in [1.807, 2.05) is 13.8 Å². The number of aliphatic carboxylic acids is 1. The second kappa shape index (κ2) is 8.89. The first-order valence-electron chi connectivity index (χ1n) is 8.63. The first-order chi connectivity index (χ1) is 10.8. The number of amides is 2. The third-order valence-electron chi connectivity index (χ3n) is 4.58. The maximum atomic E-state index is 12.1. The van der Waals surface area contributed by atoms with Gasteiger partial charge in [-0.1, -0.05) is 13.3 Å². The van der Waals surface area contributed by atoms with Crippen LogP contribution in [-0.4, -0.2) is 34.5 Å². The number of hydrogen-bond acceptors (Lipinski definition) is 3. The van der Waals surface area contributed by atoms with E-state index in [4.69, 9.17) is 0 Å². The van der Waals surface area contributed by atoms with Crippen LogP contribution >= 0.6 is 0 Å². The second-order valence-electron chi connectivity index (χ2n) is 6.86. The van der Waals surface area contributed by atoms with Crippen molar-refractivity contribution in [2.75, 3.05) is 0 Å². The van der Waals surface area contributed by atoms with Crippen LogP contribution in [0.5, 0.6) is 0 Å². The van der Waals surface area contributed by atoms with Gasteiger partial charge in [-0.2, -0.15) is 0 Å². The minimum Gasteiger partial charge on any atom is -0.480 e. The van der Waals surface area contributed by atoms with Crippen LogP contribution in [0.4, 0.5) is 0 Å². The molecule has 0 aromatic heterocycles. The predicted octanol–water partition coefficient (Wildman–Crippen LogP) is 2.22. The standard InChI is InChI=1S/C17H30N2O4/c1-4-13-8-10-17(11-9-13,16(22)23)19-15(21)7-5-6-14(20)18-12(2)3/h12-13H,4-11H2,1-3H3,(H,18,20)(H,19,21)(H,22,23). The van der Waals surface area contributed by atoms with E-state index in [9.17, 15) is 19.5 Å². The summed E-state index contributed by atoms with van der Waals surface area (Å²) in [7, 11) is 0. The van der Waals surface area contributed by atoms with E-state index in [0.717, 1.165) is 19.3 Å². The largest absolute Gasteiger partial charge is 0.480 e. The Labute approximate surface area is 138 Å². The van der Waals surface area contributed by atoms with E-state index in [1.54, 1.807) is 0 Å². The molecule has 6 nitrogen and oxygen atoms in total. The molecule has 0 aromatic rings. The highest BCUT2D eigenvalue weighted by molar-refractivity contribution is 5.87. The van der Waals surface area contributed by atoms with Gasteiger partial charge in [-0.05, 0) is 51.9 Å². The van der Waals surface area contributed by atoms with E-state index >= 15 is 0 Å². The molecule has 132 valence electrons. The molecule has 0 bridgehead atoms. The fraction of sp³-hybridized carbons (Fsp3) is 0.824. The van der Waals surface area contributed by atoms with Crippen molar-refractivity contribution in [2.45, 2.75) is 83.7 Å². The van der Waals surface area contributed by atoms with Crippen molar-refractivity contribution in [3.63, 3.8) is 0 Å². The zero-order chi connectivity index (χ0) is 17.5. The molecular formula is C17H30N2O4. The molecule has 0 atom stereocenters. The molecule has 1 fully saturated rings. The van der Waals surface area contributed by atoms with Crippen LogP contribution in [0.15, 0.2) is 0 Å². The minimum absolute atomic E-state index is 0.0794. The third-order valence-corrected chi connectivity index (χ3v) is 4.58. The van der Waals surface area contributed by atoms with Crippen molar-refractivity contribution in [3.8, 4) is 0 Å². The Kier molecular flexibility index (Phi) is 7.52. The lowest BCUT2D eigenvalue weighted by Gasteiger charge is -2.37. The zero-order valence-electron chi connectivity index (χ0n) is 14.5. The number of carboxylic acid groups (broad SMARTS) is 1. The van der Waals surface area contributed by atoms with Crippen LogP contribution in [0.3, 0.4) is 0 Å². The second-order valence-corrected chi connectivity index (χ2v) is 6.86. The zero-order valence-corrected chi connectivity index (χ0v) is 14.5. The Morgan fingerprint density at radius 2 is 1.70 bits per heavy atom. The Hall–Kier alpha value is -1.59. The molecule has 0 aromatic carbocycles. The molecule has 0 radical (unpaired) electrons. The summed E-state index contributed by atoms with van der Waals surface area (Å²) in [6.45, 7) is 5.88. The summed E-state index contributed by atoms with van der Waals surface area (Å²) in [5, 5.41) is 15.0. The maximum Gasteiger partial charge on any atom is 0.329 e. The molecule has 0 saturated heterocycles. The van der Waals surface area contributed by atoms with Crippen LogP contribution in [0.1, 0.15) is 72.1 Å². The first kappa shape index (κ1) is 19.5. The average Bonchev–Trinajstić information content (AvgIpc) is 2.47. The highest BCUT2D eigenvalue weighted by Gasteiger charge is 2.42. The van der Waals surface area contributed by atoms with Gasteiger partial charge < -0.3 is 15.7 Å². The van der Waals surface area contributed by atoms with E-state index in [0.29, 0.717) is 25.2 Å². The fourth-order valence-corrected chi connectivity index (χ4v) is 3.10. The summed E-state index contributed by atoms with van der Waals surface area (Å²) < 4.78 is 0. The molecule has 2 amide bonds. The number of rotatable bonds is 8. The number of carbonyl (C=O) groups excluding carboxylic acids is 2. The van der Waals surface area contributed by atoms with Crippen molar-refractivity contribution < 1.29 is 19.5 Å². The van der Waals surface area contributed by atoms with Crippen LogP contribution in [0.2, 0.25) is 0 Å². The van der Waals surface area contributed by atoms with Gasteiger partial charge in [0.2, 0.25) is 11.8 Å². The van der Waals surface area contributed by atoms with E-state index in [2.05, 4.69) is 17.6 Å². The molecule has 3 N–H and O–H groups in total. The van der Waals surface area contributed by atoms with Gasteiger partial charge in [0.05, 0.1) is 0 Å². The molecule has 1 rings (SSSR count). The van der Waals surface area contributed by atoms with Crippen molar-refractivity contribution >= 4 is 17.8 Å². The topological polar surface area (TPSA) is 95.5 Å². The molecule has 23 heavy (non-hydrogen) atoms. The minimum atomic E-state index is -1.12. The van der Waals surface area contributed by atoms with Crippen molar-refractivity contribution in [1.29, 1.82) is 0 Å². The summed E-state index contributed by atoms with van der Waals surface area (Å²) in [4.78, 5) is 35.2. The summed E-state index contributed by atoms with van der Waals surface area (Å²) >= 11 is 0. The molecule has 0 aliphatic heterocycles. The van der Waals surface area contributed by atoms with Gasteiger partial charge >= 0.3 is 5.97 Å². The number of carbonyl (C=O) groups is 3. The molecule has 0 spiro atoms. The monoisotopic (exact) mass is 326 g/mol. The predicted molar refractivity (Wildman–Crippen MR) is 87.9 cm³/mol. The van der Waals surface area contributed by atoms with Gasteiger partial charge in [0.15, 0.2) is 0 Å². The Morgan fingerprint density at radius 1 is 1.13 bits per heavy atom. The fourth-order valence-electron chi connectivity index (χ4n) is 3.10. The Balaban J connectivity index is 2.44. The Morgan fingerprint density at radius 3 is 2.17 bits per heavy atom. The van der Waals surface area contributed by atoms with Gasteiger partial charge in [-0.25, -0.2) is 4.79 Å². The molecule has 0 unspecified atom stereocenters. The van der Waals surface area contributed by atoms with E-state index < -0.39 is 11.5 Å². The van der Waals surface area contributed by atoms with Crippen molar-refractivity contribution in [3.05, 3.63) is 0 Å². The lowest BCUT2D eigenvalue weighted by atomic mass is 9.75. The lowest BCUT2D eigenvalue weighted by Crippen LogP contribution is -2.56. The maximum absolute atomic E-state index is 12.1. The highest BCUT2D eigenvalue weighted by Crippen LogP contribution is 2.34. The summed E-state index contributed by atoms with van der Waals surface area (Å²) in [5.41, 5.74) is -1.12. The van der Waals surface area contributed by atoms with Gasteiger partial charge in [0.1, 0.15) is 5.54 Å². The van der Waals surface area contributed by atoms with Gasteiger partial charge in [-0.15, -0.1) is 0 Å². The average molecular weight is 326 g/mol. The summed E-state index contributed by atoms with van der Waals surface area (Å²) in [6.07, 6.45) is 4.58. The lowest BCUT2D eigenvalue weighted by molar-refractivity contribution is -0.149. The number of carboxylic acids is 1. The molecular weight excluding hydrogens is 296 g/mol. The molecule has 1 aliphatic rings. The van der Waals surface area contributed by atoms with E-state index in [-0.39, 0.29) is 30.7 Å². The van der Waals surface area contributed by atoms with Gasteiger partial charge in [0.25, 0.3) is 0 Å². The molecule has 0 heterocycles. The molecule has 6 heteroatoms. The molecule has 1 saturated carbocycles. The molecule has 1 aliphatic carbocycles. The van der Waals surface area contributed by atoms with Crippen LogP contribution in [0.25, 0.3) is 0 Å². The quantitative estimate of drug-likeness (QED) is 0.637. The van der Waals surface area contributed by atoms with Gasteiger partial charge in [-0.3, -0.25) is 9.59 Å². The smallest absolute Gasteiger partial charge is 0.329 e. The van der Waals surface area contributed by atoms with Crippen molar-refractivity contribution in [2.24, 2.45) is 5.92 Å². The van der Waals surface area contributed by atoms with Crippen LogP contribution in [-0.2, 0) is 14.4 Å². The van der Waals surface area contributed by atoms with Gasteiger partial charge in [0, 0.05) is 18.9 Å². The Bertz CT molecular complexity index is 426. The first-order valence-corrected chi connectivity index (χ1v) is 8.63. The number of hydrogen-bond donors (Lipinski definition) is 3.